The van der Waals surface area contributed by atoms with Gasteiger partial charge in [0.2, 0.25) is 0 Å². The maximum Gasteiger partial charge on any atom is 0.0384 e. The lowest BCUT2D eigenvalue weighted by Gasteiger charge is -2.06. The number of benzene rings is 2. The van der Waals surface area contributed by atoms with Gasteiger partial charge in [-0.1, -0.05) is 66.8 Å². The maximum atomic E-state index is 3.41. The lowest BCUT2D eigenvalue weighted by Crippen LogP contribution is -1.95. The Labute approximate surface area is 121 Å². The molecule has 0 fully saturated rings. The highest BCUT2D eigenvalue weighted by Crippen LogP contribution is 2.12. The van der Waals surface area contributed by atoms with Crippen LogP contribution in [0, 0.1) is 0 Å². The average molecular weight is 261 g/mol. The van der Waals surface area contributed by atoms with E-state index in [4.69, 9.17) is 0 Å². The molecule has 0 bridgehead atoms. The number of hydrogen-bond donors (Lipinski definition) is 1. The van der Waals surface area contributed by atoms with Gasteiger partial charge in [-0.3, -0.25) is 0 Å². The fourth-order valence-corrected chi connectivity index (χ4v) is 1.78. The zero-order chi connectivity index (χ0) is 14.0. The molecule has 0 aliphatic carbocycles. The van der Waals surface area contributed by atoms with Gasteiger partial charge < -0.3 is 5.32 Å². The molecule has 0 saturated heterocycles. The van der Waals surface area contributed by atoms with E-state index in [9.17, 15) is 0 Å². The smallest absolute Gasteiger partial charge is 0.0384 e. The summed E-state index contributed by atoms with van der Waals surface area (Å²) in [6.45, 7) is 2.01. The maximum absolute atomic E-state index is 3.41. The first kappa shape index (κ1) is 13.9. The summed E-state index contributed by atoms with van der Waals surface area (Å²) in [7, 11) is 0. The molecule has 2 aromatic rings. The van der Waals surface area contributed by atoms with Crippen LogP contribution in [-0.2, 0) is 0 Å². The van der Waals surface area contributed by atoms with Gasteiger partial charge in [-0.05, 0) is 36.8 Å². The van der Waals surface area contributed by atoms with Crippen molar-refractivity contribution in [2.45, 2.75) is 6.92 Å². The largest absolute Gasteiger partial charge is 0.356 e. The highest BCUT2D eigenvalue weighted by molar-refractivity contribution is 5.58. The summed E-state index contributed by atoms with van der Waals surface area (Å²) in [5.74, 6) is 0. The summed E-state index contributed by atoms with van der Waals surface area (Å²) in [5, 5.41) is 3.41. The zero-order valence-electron chi connectivity index (χ0n) is 11.7. The van der Waals surface area contributed by atoms with Crippen LogP contribution in [0.15, 0.2) is 90.7 Å². The molecule has 0 spiro atoms. The molecule has 0 heterocycles. The third kappa shape index (κ3) is 4.62. The summed E-state index contributed by atoms with van der Waals surface area (Å²) in [6, 6.07) is 20.5. The highest BCUT2D eigenvalue weighted by atomic mass is 14.9. The summed E-state index contributed by atoms with van der Waals surface area (Å²) in [5.41, 5.74) is 3.33. The van der Waals surface area contributed by atoms with Crippen molar-refractivity contribution in [1.29, 1.82) is 0 Å². The van der Waals surface area contributed by atoms with E-state index in [2.05, 4.69) is 47.8 Å². The van der Waals surface area contributed by atoms with Crippen LogP contribution in [0.5, 0.6) is 0 Å². The molecule has 1 nitrogen and oxygen atoms in total. The Bertz CT molecular complexity index is 592. The summed E-state index contributed by atoms with van der Waals surface area (Å²) in [6.07, 6.45) is 10.3. The number of hydrogen-bond acceptors (Lipinski definition) is 1. The van der Waals surface area contributed by atoms with Crippen LogP contribution >= 0.6 is 0 Å². The number of para-hydroxylation sites is 1. The first-order valence-electron chi connectivity index (χ1n) is 6.76. The minimum Gasteiger partial charge on any atom is -0.356 e. The van der Waals surface area contributed by atoms with Crippen LogP contribution in [0.1, 0.15) is 12.5 Å². The Balaban J connectivity index is 2.14. The Morgan fingerprint density at radius 3 is 2.20 bits per heavy atom. The van der Waals surface area contributed by atoms with Gasteiger partial charge in [-0.25, -0.2) is 0 Å². The molecule has 2 rings (SSSR count). The second kappa shape index (κ2) is 7.80. The molecular formula is C19H19N. The fourth-order valence-electron chi connectivity index (χ4n) is 1.78. The van der Waals surface area contributed by atoms with Crippen LogP contribution < -0.4 is 5.32 Å². The van der Waals surface area contributed by atoms with E-state index >= 15 is 0 Å². The lowest BCUT2D eigenvalue weighted by molar-refractivity contribution is 1.47. The van der Waals surface area contributed by atoms with Crippen molar-refractivity contribution in [1.82, 2.24) is 0 Å². The fraction of sp³-hybridized carbons (Fsp3) is 0.0526. The standard InChI is InChI=1S/C19H19N/c1-2-3-12-19(20-18-13-8-5-9-14-18)16-15-17-10-6-4-7-11-17/h2-16,20H,1H3/b3-2+,16-15-,19-12+. The number of nitrogens with one attached hydrogen (secondary N) is 1. The van der Waals surface area contributed by atoms with E-state index in [-0.39, 0.29) is 0 Å². The van der Waals surface area contributed by atoms with Crippen LogP contribution in [0.2, 0.25) is 0 Å². The zero-order valence-corrected chi connectivity index (χ0v) is 11.7. The molecular weight excluding hydrogens is 242 g/mol. The molecule has 20 heavy (non-hydrogen) atoms. The van der Waals surface area contributed by atoms with Gasteiger partial charge in [-0.15, -0.1) is 0 Å². The van der Waals surface area contributed by atoms with Crippen LogP contribution in [-0.4, -0.2) is 0 Å². The SMILES string of the molecule is C/C=C/C=C(\C=C/c1ccccc1)Nc1ccccc1. The predicted molar refractivity (Wildman–Crippen MR) is 88.4 cm³/mol. The molecule has 100 valence electrons. The lowest BCUT2D eigenvalue weighted by atomic mass is 10.2. The second-order valence-corrected chi connectivity index (χ2v) is 4.38. The minimum absolute atomic E-state index is 1.05. The molecule has 0 atom stereocenters. The van der Waals surface area contributed by atoms with E-state index in [1.165, 1.54) is 5.56 Å². The molecule has 0 aromatic heterocycles. The van der Waals surface area contributed by atoms with Crippen molar-refractivity contribution in [2.75, 3.05) is 5.32 Å². The van der Waals surface area contributed by atoms with Crippen molar-refractivity contribution in [3.8, 4) is 0 Å². The Morgan fingerprint density at radius 2 is 1.55 bits per heavy atom. The van der Waals surface area contributed by atoms with Gasteiger partial charge >= 0.3 is 0 Å². The minimum atomic E-state index is 1.05. The van der Waals surface area contributed by atoms with Gasteiger partial charge in [0.25, 0.3) is 0 Å². The van der Waals surface area contributed by atoms with Gasteiger partial charge in [0, 0.05) is 11.4 Å². The van der Waals surface area contributed by atoms with Crippen molar-refractivity contribution in [2.24, 2.45) is 0 Å². The van der Waals surface area contributed by atoms with E-state index in [0.717, 1.165) is 11.4 Å². The first-order valence-corrected chi connectivity index (χ1v) is 6.76. The van der Waals surface area contributed by atoms with Crippen LogP contribution in [0.3, 0.4) is 0 Å². The van der Waals surface area contributed by atoms with Gasteiger partial charge in [0.05, 0.1) is 0 Å². The van der Waals surface area contributed by atoms with Gasteiger partial charge in [0.1, 0.15) is 0 Å². The number of rotatable bonds is 5. The monoisotopic (exact) mass is 261 g/mol. The molecule has 0 unspecified atom stereocenters. The molecule has 0 amide bonds. The molecule has 0 aliphatic rings. The van der Waals surface area contributed by atoms with Gasteiger partial charge in [0.15, 0.2) is 0 Å². The summed E-state index contributed by atoms with van der Waals surface area (Å²) < 4.78 is 0. The summed E-state index contributed by atoms with van der Waals surface area (Å²) in [4.78, 5) is 0. The molecule has 0 saturated carbocycles. The third-order valence-corrected chi connectivity index (χ3v) is 2.79. The van der Waals surface area contributed by atoms with Crippen molar-refractivity contribution in [3.05, 3.63) is 96.2 Å². The third-order valence-electron chi connectivity index (χ3n) is 2.79. The quantitative estimate of drug-likeness (QED) is 0.723. The molecule has 0 radical (unpaired) electrons. The van der Waals surface area contributed by atoms with E-state index < -0.39 is 0 Å². The van der Waals surface area contributed by atoms with Crippen molar-refractivity contribution < 1.29 is 0 Å². The molecule has 2 aromatic carbocycles. The van der Waals surface area contributed by atoms with Crippen molar-refractivity contribution >= 4 is 11.8 Å². The predicted octanol–water partition coefficient (Wildman–Crippen LogP) is 5.27. The van der Waals surface area contributed by atoms with Gasteiger partial charge in [-0.2, -0.15) is 0 Å². The molecule has 1 heteroatoms. The second-order valence-electron chi connectivity index (χ2n) is 4.38. The van der Waals surface area contributed by atoms with E-state index in [1.54, 1.807) is 0 Å². The van der Waals surface area contributed by atoms with E-state index in [1.807, 2.05) is 55.5 Å². The van der Waals surface area contributed by atoms with Crippen molar-refractivity contribution in [3.63, 3.8) is 0 Å². The van der Waals surface area contributed by atoms with Crippen LogP contribution in [0.25, 0.3) is 6.08 Å². The Kier molecular flexibility index (Phi) is 5.41. The Hall–Kier alpha value is -2.54. The normalized spacial score (nSPS) is 12.2. The Morgan fingerprint density at radius 1 is 0.900 bits per heavy atom. The topological polar surface area (TPSA) is 12.0 Å². The highest BCUT2D eigenvalue weighted by Gasteiger charge is 1.93. The summed E-state index contributed by atoms with van der Waals surface area (Å²) >= 11 is 0. The molecule has 1 N–H and O–H groups in total. The average Bonchev–Trinajstić information content (AvgIpc) is 2.52. The molecule has 0 aliphatic heterocycles. The van der Waals surface area contributed by atoms with E-state index in [0.29, 0.717) is 0 Å². The van der Waals surface area contributed by atoms with Crippen LogP contribution in [0.4, 0.5) is 5.69 Å². The number of anilines is 1. The first-order chi connectivity index (χ1) is 9.88. The number of allylic oxidation sites excluding steroid dienone is 4.